The lowest BCUT2D eigenvalue weighted by Gasteiger charge is -2.11. The van der Waals surface area contributed by atoms with Crippen LogP contribution in [0.15, 0.2) is 17.4 Å². The Morgan fingerprint density at radius 2 is 1.96 bits per heavy atom. The molecule has 3 aromatic heterocycles. The minimum atomic E-state index is 0.635. The Bertz CT molecular complexity index is 875. The highest BCUT2D eigenvalue weighted by atomic mass is 32.2. The van der Waals surface area contributed by atoms with Crippen LogP contribution in [0.3, 0.4) is 0 Å². The van der Waals surface area contributed by atoms with Crippen LogP contribution in [-0.4, -0.2) is 31.7 Å². The van der Waals surface area contributed by atoms with Gasteiger partial charge in [-0.3, -0.25) is 4.98 Å². The second-order valence-electron chi connectivity index (χ2n) is 5.48. The van der Waals surface area contributed by atoms with Gasteiger partial charge in [0.25, 0.3) is 5.78 Å². The quantitative estimate of drug-likeness (QED) is 0.686. The van der Waals surface area contributed by atoms with E-state index in [1.165, 1.54) is 0 Å². The van der Waals surface area contributed by atoms with Crippen molar-refractivity contribution in [2.24, 2.45) is 0 Å². The van der Waals surface area contributed by atoms with Crippen molar-refractivity contribution in [3.8, 4) is 5.75 Å². The molecule has 0 bridgehead atoms. The zero-order valence-corrected chi connectivity index (χ0v) is 14.7. The standard InChI is InChI=1S/C16H19N5OS/c1-9-7-17-13(12(4)14(9)22-5)8-23-16-19-15-18-10(2)6-11(3)21(15)20-16/h6-7H,8H2,1-5H3. The van der Waals surface area contributed by atoms with Gasteiger partial charge >= 0.3 is 0 Å². The Labute approximate surface area is 139 Å². The maximum atomic E-state index is 5.45. The first-order valence-electron chi connectivity index (χ1n) is 7.32. The number of hydrogen-bond donors (Lipinski definition) is 0. The molecule has 0 radical (unpaired) electrons. The van der Waals surface area contributed by atoms with Gasteiger partial charge in [0.2, 0.25) is 5.16 Å². The van der Waals surface area contributed by atoms with Gasteiger partial charge in [-0.15, -0.1) is 5.10 Å². The first-order chi connectivity index (χ1) is 11.0. The predicted octanol–water partition coefficient (Wildman–Crippen LogP) is 3.05. The highest BCUT2D eigenvalue weighted by molar-refractivity contribution is 7.98. The summed E-state index contributed by atoms with van der Waals surface area (Å²) in [6, 6.07) is 1.99. The Balaban J connectivity index is 1.85. The lowest BCUT2D eigenvalue weighted by atomic mass is 10.1. The number of hydrogen-bond acceptors (Lipinski definition) is 6. The predicted molar refractivity (Wildman–Crippen MR) is 90.1 cm³/mol. The maximum absolute atomic E-state index is 5.45. The van der Waals surface area contributed by atoms with Crippen molar-refractivity contribution in [2.45, 2.75) is 38.6 Å². The summed E-state index contributed by atoms with van der Waals surface area (Å²) in [5, 5.41) is 5.21. The summed E-state index contributed by atoms with van der Waals surface area (Å²) in [6.45, 7) is 7.98. The zero-order valence-electron chi connectivity index (χ0n) is 13.9. The van der Waals surface area contributed by atoms with E-state index in [0.29, 0.717) is 16.7 Å². The highest BCUT2D eigenvalue weighted by Crippen LogP contribution is 2.28. The van der Waals surface area contributed by atoms with Crippen LogP contribution in [0.1, 0.15) is 28.2 Å². The van der Waals surface area contributed by atoms with Gasteiger partial charge in [-0.1, -0.05) is 11.8 Å². The minimum absolute atomic E-state index is 0.635. The molecule has 0 aliphatic carbocycles. The second kappa shape index (κ2) is 6.16. The van der Waals surface area contributed by atoms with Gasteiger partial charge in [-0.05, 0) is 33.8 Å². The van der Waals surface area contributed by atoms with Crippen molar-refractivity contribution in [3.05, 3.63) is 40.5 Å². The fourth-order valence-corrected chi connectivity index (χ4v) is 3.40. The van der Waals surface area contributed by atoms with Crippen molar-refractivity contribution in [2.75, 3.05) is 7.11 Å². The summed E-state index contributed by atoms with van der Waals surface area (Å²) in [5.41, 5.74) is 5.06. The number of aromatic nitrogens is 5. The Hall–Kier alpha value is -2.15. The number of fused-ring (bicyclic) bond motifs is 1. The van der Waals surface area contributed by atoms with Crippen molar-refractivity contribution in [1.82, 2.24) is 24.6 Å². The molecule has 120 valence electrons. The van der Waals surface area contributed by atoms with E-state index in [9.17, 15) is 0 Å². The molecule has 0 aromatic carbocycles. The summed E-state index contributed by atoms with van der Waals surface area (Å²) < 4.78 is 7.22. The van der Waals surface area contributed by atoms with Crippen molar-refractivity contribution in [1.29, 1.82) is 0 Å². The van der Waals surface area contributed by atoms with E-state index >= 15 is 0 Å². The van der Waals surface area contributed by atoms with Crippen molar-refractivity contribution < 1.29 is 4.74 Å². The third-order valence-electron chi connectivity index (χ3n) is 3.69. The number of pyridine rings is 1. The molecular formula is C16H19N5OS. The van der Waals surface area contributed by atoms with Crippen molar-refractivity contribution in [3.63, 3.8) is 0 Å². The molecule has 0 amide bonds. The monoisotopic (exact) mass is 329 g/mol. The van der Waals surface area contributed by atoms with Crippen LogP contribution in [0.25, 0.3) is 5.78 Å². The molecule has 0 spiro atoms. The van der Waals surface area contributed by atoms with Crippen LogP contribution < -0.4 is 4.74 Å². The summed E-state index contributed by atoms with van der Waals surface area (Å²) in [7, 11) is 1.69. The zero-order chi connectivity index (χ0) is 16.6. The lowest BCUT2D eigenvalue weighted by Crippen LogP contribution is -1.99. The van der Waals surface area contributed by atoms with E-state index in [4.69, 9.17) is 4.74 Å². The molecule has 0 saturated heterocycles. The van der Waals surface area contributed by atoms with Gasteiger partial charge in [-0.25, -0.2) is 9.50 Å². The third-order valence-corrected chi connectivity index (χ3v) is 4.54. The summed E-state index contributed by atoms with van der Waals surface area (Å²) in [6.07, 6.45) is 1.84. The molecular weight excluding hydrogens is 310 g/mol. The fourth-order valence-electron chi connectivity index (χ4n) is 2.56. The van der Waals surface area contributed by atoms with Gasteiger partial charge in [0, 0.05) is 34.5 Å². The van der Waals surface area contributed by atoms with Gasteiger partial charge in [-0.2, -0.15) is 4.98 Å². The van der Waals surface area contributed by atoms with E-state index < -0.39 is 0 Å². The van der Waals surface area contributed by atoms with Crippen LogP contribution in [-0.2, 0) is 5.75 Å². The highest BCUT2D eigenvalue weighted by Gasteiger charge is 2.12. The number of ether oxygens (including phenoxy) is 1. The topological polar surface area (TPSA) is 65.2 Å². The first-order valence-corrected chi connectivity index (χ1v) is 8.31. The molecule has 0 unspecified atom stereocenters. The van der Waals surface area contributed by atoms with E-state index in [2.05, 4.69) is 20.1 Å². The van der Waals surface area contributed by atoms with E-state index in [0.717, 1.165) is 34.0 Å². The molecule has 6 nitrogen and oxygen atoms in total. The van der Waals surface area contributed by atoms with E-state index in [1.807, 2.05) is 40.0 Å². The molecule has 0 saturated carbocycles. The first kappa shape index (κ1) is 15.7. The average molecular weight is 329 g/mol. The van der Waals surface area contributed by atoms with E-state index in [-0.39, 0.29) is 0 Å². The maximum Gasteiger partial charge on any atom is 0.253 e. The fraction of sp³-hybridized carbons (Fsp3) is 0.375. The average Bonchev–Trinajstić information content (AvgIpc) is 2.90. The molecule has 0 fully saturated rings. The Kier molecular flexibility index (Phi) is 4.21. The second-order valence-corrected chi connectivity index (χ2v) is 6.42. The van der Waals surface area contributed by atoms with E-state index in [1.54, 1.807) is 23.4 Å². The largest absolute Gasteiger partial charge is 0.496 e. The van der Waals surface area contributed by atoms with Gasteiger partial charge in [0.1, 0.15) is 5.75 Å². The van der Waals surface area contributed by atoms with Crippen LogP contribution in [0.4, 0.5) is 0 Å². The molecule has 7 heteroatoms. The van der Waals surface area contributed by atoms with Crippen LogP contribution in [0.2, 0.25) is 0 Å². The molecule has 3 aromatic rings. The molecule has 23 heavy (non-hydrogen) atoms. The molecule has 0 aliphatic rings. The third kappa shape index (κ3) is 3.01. The Morgan fingerprint density at radius 3 is 2.70 bits per heavy atom. The summed E-state index contributed by atoms with van der Waals surface area (Å²) in [4.78, 5) is 13.4. The smallest absolute Gasteiger partial charge is 0.253 e. The SMILES string of the molecule is COc1c(C)cnc(CSc2nc3nc(C)cc(C)n3n2)c1C. The molecule has 0 aliphatic heterocycles. The van der Waals surface area contributed by atoms with Crippen LogP contribution in [0, 0.1) is 27.7 Å². The number of thioether (sulfide) groups is 1. The number of nitrogens with zero attached hydrogens (tertiary/aromatic N) is 5. The number of methoxy groups -OCH3 is 1. The van der Waals surface area contributed by atoms with Gasteiger partial charge in [0.15, 0.2) is 0 Å². The molecule has 0 N–H and O–H groups in total. The molecule has 3 heterocycles. The Morgan fingerprint density at radius 1 is 1.17 bits per heavy atom. The molecule has 3 rings (SSSR count). The number of rotatable bonds is 4. The summed E-state index contributed by atoms with van der Waals surface area (Å²) in [5.74, 6) is 2.22. The lowest BCUT2D eigenvalue weighted by molar-refractivity contribution is 0.407. The van der Waals surface area contributed by atoms with Crippen LogP contribution >= 0.6 is 11.8 Å². The minimum Gasteiger partial charge on any atom is -0.496 e. The number of aryl methyl sites for hydroxylation is 3. The molecule has 0 atom stereocenters. The normalized spacial score (nSPS) is 11.2. The summed E-state index contributed by atoms with van der Waals surface area (Å²) >= 11 is 1.55. The van der Waals surface area contributed by atoms with Gasteiger partial charge in [0.05, 0.1) is 12.8 Å². The van der Waals surface area contributed by atoms with Crippen LogP contribution in [0.5, 0.6) is 5.75 Å². The van der Waals surface area contributed by atoms with Gasteiger partial charge < -0.3 is 4.74 Å². The van der Waals surface area contributed by atoms with Crippen molar-refractivity contribution >= 4 is 17.5 Å².